The lowest BCUT2D eigenvalue weighted by Crippen LogP contribution is -1.93. The summed E-state index contributed by atoms with van der Waals surface area (Å²) in [4.78, 5) is 5.47. The lowest BCUT2D eigenvalue weighted by Gasteiger charge is -2.09. The van der Waals surface area contributed by atoms with Gasteiger partial charge in [0.05, 0.1) is 44.8 Å². The van der Waals surface area contributed by atoms with Crippen molar-refractivity contribution in [2.24, 2.45) is 0 Å². The first-order valence-corrected chi connectivity index (χ1v) is 20.4. The molecule has 0 saturated carbocycles. The second kappa shape index (κ2) is 10.5. The molecule has 6 heterocycles. The second-order valence-electron chi connectivity index (χ2n) is 16.3. The summed E-state index contributed by atoms with van der Waals surface area (Å²) in [6.07, 6.45) is 2.14. The van der Waals surface area contributed by atoms with Gasteiger partial charge in [0, 0.05) is 65.1 Å². The molecule has 0 N–H and O–H groups in total. The molecule has 6 aromatic heterocycles. The molecule has 0 radical (unpaired) electrons. The van der Waals surface area contributed by atoms with Gasteiger partial charge in [0.1, 0.15) is 5.65 Å². The van der Waals surface area contributed by atoms with Crippen LogP contribution >= 0.6 is 0 Å². The van der Waals surface area contributed by atoms with Crippen LogP contribution in [-0.4, -0.2) is 18.4 Å². The van der Waals surface area contributed by atoms with E-state index in [0.29, 0.717) is 0 Å². The highest BCUT2D eigenvalue weighted by Crippen LogP contribution is 2.50. The van der Waals surface area contributed by atoms with Gasteiger partial charge in [-0.05, 0) is 69.6 Å². The van der Waals surface area contributed by atoms with Crippen LogP contribution in [0.25, 0.3) is 136 Å². The number of aromatic nitrogens is 4. The van der Waals surface area contributed by atoms with Crippen molar-refractivity contribution in [3.8, 4) is 16.8 Å². The fraction of sp³-hybridized carbons (Fsp3) is 0. The smallest absolute Gasteiger partial charge is 0.146 e. The van der Waals surface area contributed by atoms with Crippen LogP contribution in [0.2, 0.25) is 0 Å². The van der Waals surface area contributed by atoms with E-state index >= 15 is 0 Å². The predicted octanol–water partition coefficient (Wildman–Crippen LogP) is 14.5. The molecular formula is C55H30N4. The van der Waals surface area contributed by atoms with Crippen LogP contribution in [0, 0.1) is 0 Å². The van der Waals surface area contributed by atoms with Crippen molar-refractivity contribution in [3.05, 3.63) is 182 Å². The monoisotopic (exact) mass is 746 g/mol. The Morgan fingerprint density at radius 1 is 0.339 bits per heavy atom. The summed E-state index contributed by atoms with van der Waals surface area (Å²) in [6.45, 7) is 0. The average Bonchev–Trinajstić information content (AvgIpc) is 4.09. The Bertz CT molecular complexity index is 4300. The van der Waals surface area contributed by atoms with Gasteiger partial charge in [-0.15, -0.1) is 0 Å². The van der Waals surface area contributed by atoms with Crippen LogP contribution in [-0.2, 0) is 0 Å². The summed E-state index contributed by atoms with van der Waals surface area (Å²) in [5.74, 6) is 0. The van der Waals surface area contributed by atoms with Crippen LogP contribution in [0.3, 0.4) is 0 Å². The Balaban J connectivity index is 1.09. The third-order valence-electron chi connectivity index (χ3n) is 13.5. The van der Waals surface area contributed by atoms with Gasteiger partial charge in [-0.3, -0.25) is 4.40 Å². The fourth-order valence-electron chi connectivity index (χ4n) is 11.2. The second-order valence-corrected chi connectivity index (χ2v) is 16.3. The van der Waals surface area contributed by atoms with Gasteiger partial charge in [0.15, 0.2) is 0 Å². The van der Waals surface area contributed by atoms with E-state index in [2.05, 4.69) is 195 Å². The maximum absolute atomic E-state index is 5.47. The number of fused-ring (bicyclic) bond motifs is 20. The van der Waals surface area contributed by atoms with Crippen LogP contribution in [0.5, 0.6) is 0 Å². The van der Waals surface area contributed by atoms with Crippen molar-refractivity contribution in [2.75, 3.05) is 0 Å². The molecule has 270 valence electrons. The number of nitrogens with zero attached hydrogens (tertiary/aromatic N) is 4. The van der Waals surface area contributed by atoms with E-state index in [4.69, 9.17) is 4.98 Å². The molecule has 4 heteroatoms. The normalized spacial score (nSPS) is 12.7. The van der Waals surface area contributed by atoms with E-state index in [1.165, 1.54) is 125 Å². The van der Waals surface area contributed by atoms with Gasteiger partial charge in [0.25, 0.3) is 0 Å². The van der Waals surface area contributed by atoms with Crippen molar-refractivity contribution >= 4 is 120 Å². The van der Waals surface area contributed by atoms with Gasteiger partial charge in [-0.1, -0.05) is 133 Å². The lowest BCUT2D eigenvalue weighted by atomic mass is 9.96. The van der Waals surface area contributed by atoms with Crippen LogP contribution in [0.15, 0.2) is 182 Å². The standard InChI is InChI=1S/C55H30N4/c1-2-14-34(15-3-1)57-44-23-9-8-18-38(44)42-28-33(25-26-45(42)57)37-19-10-20-39-40-21-11-22-41-49-47(58(52(37)39)53(40)41)30-56-55-51(49)43-29-32-13-5-7-17-36(32)50-48-35-16-6-4-12-31(35)24-27-46(48)59(55)54(43)50/h1-30H. The molecule has 0 aliphatic carbocycles. The van der Waals surface area contributed by atoms with Crippen molar-refractivity contribution in [1.29, 1.82) is 0 Å². The Morgan fingerprint density at radius 2 is 1.00 bits per heavy atom. The summed E-state index contributed by atoms with van der Waals surface area (Å²) in [7, 11) is 0. The Morgan fingerprint density at radius 3 is 1.88 bits per heavy atom. The third kappa shape index (κ3) is 3.56. The summed E-state index contributed by atoms with van der Waals surface area (Å²) >= 11 is 0. The summed E-state index contributed by atoms with van der Waals surface area (Å²) < 4.78 is 7.36. The van der Waals surface area contributed by atoms with Gasteiger partial charge in [-0.25, -0.2) is 4.98 Å². The fourth-order valence-corrected chi connectivity index (χ4v) is 11.2. The zero-order valence-electron chi connectivity index (χ0n) is 31.6. The minimum absolute atomic E-state index is 1.01. The maximum atomic E-state index is 5.47. The quantitative estimate of drug-likeness (QED) is 0.173. The number of para-hydroxylation sites is 4. The Hall–Kier alpha value is -7.95. The molecular weight excluding hydrogens is 717 g/mol. The van der Waals surface area contributed by atoms with Gasteiger partial charge >= 0.3 is 0 Å². The summed E-state index contributed by atoms with van der Waals surface area (Å²) in [5.41, 5.74) is 13.1. The predicted molar refractivity (Wildman–Crippen MR) is 248 cm³/mol. The van der Waals surface area contributed by atoms with E-state index in [0.717, 1.165) is 11.2 Å². The largest absolute Gasteiger partial charge is 0.309 e. The van der Waals surface area contributed by atoms with Crippen LogP contribution in [0.1, 0.15) is 0 Å². The molecule has 0 saturated heterocycles. The van der Waals surface area contributed by atoms with Gasteiger partial charge in [0.2, 0.25) is 0 Å². The molecule has 9 aromatic carbocycles. The molecule has 0 fully saturated rings. The van der Waals surface area contributed by atoms with E-state index in [9.17, 15) is 0 Å². The first-order chi connectivity index (χ1) is 29.3. The van der Waals surface area contributed by atoms with E-state index in [1.807, 2.05) is 0 Å². The molecule has 0 aliphatic heterocycles. The van der Waals surface area contributed by atoms with Crippen LogP contribution < -0.4 is 0 Å². The Labute approximate surface area is 335 Å². The molecule has 15 aromatic rings. The molecule has 4 nitrogen and oxygen atoms in total. The SMILES string of the molecule is c1ccc(-n2c3ccccc3c3cc(-c4cccc5c6cccc7c8c9c%10cc%11ccccc%11c%11c%12c%13ccccc%13ccc%12n(c9ncc8n(c45)c67)c%10%11)ccc32)cc1. The molecule has 0 bridgehead atoms. The van der Waals surface area contributed by atoms with Crippen LogP contribution in [0.4, 0.5) is 0 Å². The van der Waals surface area contributed by atoms with Crippen molar-refractivity contribution in [1.82, 2.24) is 18.4 Å². The lowest BCUT2D eigenvalue weighted by molar-refractivity contribution is 1.18. The topological polar surface area (TPSA) is 26.6 Å². The highest BCUT2D eigenvalue weighted by Gasteiger charge is 2.27. The molecule has 0 amide bonds. The molecule has 59 heavy (non-hydrogen) atoms. The van der Waals surface area contributed by atoms with Crippen molar-refractivity contribution in [2.45, 2.75) is 0 Å². The molecule has 0 spiro atoms. The molecule has 0 unspecified atom stereocenters. The summed E-state index contributed by atoms with van der Waals surface area (Å²) in [6, 6.07) is 64.9. The van der Waals surface area contributed by atoms with Gasteiger partial charge < -0.3 is 8.97 Å². The van der Waals surface area contributed by atoms with E-state index in [-0.39, 0.29) is 0 Å². The molecule has 15 rings (SSSR count). The highest BCUT2D eigenvalue weighted by molar-refractivity contribution is 6.40. The average molecular weight is 747 g/mol. The van der Waals surface area contributed by atoms with Crippen molar-refractivity contribution < 1.29 is 0 Å². The first kappa shape index (κ1) is 30.2. The van der Waals surface area contributed by atoms with E-state index in [1.54, 1.807) is 0 Å². The number of pyridine rings is 1. The van der Waals surface area contributed by atoms with Crippen molar-refractivity contribution in [3.63, 3.8) is 0 Å². The summed E-state index contributed by atoms with van der Waals surface area (Å²) in [5, 5.41) is 17.7. The zero-order valence-corrected chi connectivity index (χ0v) is 31.6. The highest BCUT2D eigenvalue weighted by atomic mass is 15.0. The number of benzene rings is 9. The number of hydrogen-bond donors (Lipinski definition) is 0. The zero-order chi connectivity index (χ0) is 38.1. The first-order valence-electron chi connectivity index (χ1n) is 20.4. The third-order valence-corrected chi connectivity index (χ3v) is 13.5. The molecule has 0 aliphatic rings. The maximum Gasteiger partial charge on any atom is 0.146 e. The Kier molecular flexibility index (Phi) is 5.38. The van der Waals surface area contributed by atoms with E-state index < -0.39 is 0 Å². The van der Waals surface area contributed by atoms with Gasteiger partial charge in [-0.2, -0.15) is 0 Å². The minimum Gasteiger partial charge on any atom is -0.309 e. The minimum atomic E-state index is 1.01. The molecule has 0 atom stereocenters. The number of rotatable bonds is 2. The number of hydrogen-bond acceptors (Lipinski definition) is 1.